The molecular weight excluding hydrogens is 254 g/mol. The molecule has 0 bridgehead atoms. The number of rotatable bonds is 6. The zero-order valence-corrected chi connectivity index (χ0v) is 10.5. The first-order valence-corrected chi connectivity index (χ1v) is 5.81. The van der Waals surface area contributed by atoms with Gasteiger partial charge in [-0.25, -0.2) is 4.79 Å². The first-order valence-electron chi connectivity index (χ1n) is 5.43. The van der Waals surface area contributed by atoms with Crippen molar-refractivity contribution < 1.29 is 14.7 Å². The summed E-state index contributed by atoms with van der Waals surface area (Å²) in [4.78, 5) is 22.7. The third-order valence-electron chi connectivity index (χ3n) is 2.34. The Morgan fingerprint density at radius 3 is 2.67 bits per heavy atom. The molecule has 1 amide bonds. The van der Waals surface area contributed by atoms with Crippen LogP contribution in [0, 0.1) is 0 Å². The number of nitrogens with one attached hydrogen (secondary N) is 1. The highest BCUT2D eigenvalue weighted by atomic mass is 35.5. The monoisotopic (exact) mass is 267 g/mol. The van der Waals surface area contributed by atoms with Gasteiger partial charge in [-0.15, -0.1) is 6.58 Å². The van der Waals surface area contributed by atoms with E-state index >= 15 is 0 Å². The molecule has 0 aliphatic carbocycles. The first kappa shape index (κ1) is 14.3. The summed E-state index contributed by atoms with van der Waals surface area (Å²) < 4.78 is 0. The summed E-state index contributed by atoms with van der Waals surface area (Å²) in [6, 6.07) is 5.41. The van der Waals surface area contributed by atoms with Crippen molar-refractivity contribution in [3.8, 4) is 0 Å². The van der Waals surface area contributed by atoms with Gasteiger partial charge in [0.25, 0.3) is 0 Å². The van der Waals surface area contributed by atoms with Gasteiger partial charge in [0.2, 0.25) is 5.91 Å². The van der Waals surface area contributed by atoms with E-state index in [0.29, 0.717) is 17.0 Å². The Labute approximate surface area is 110 Å². The standard InChI is InChI=1S/C13H14ClNO3/c1-2-3-8-11(16)15-12(13(17)18)9-6-4-5-7-10(9)14/h2,4-7,12H,1,3,8H2,(H,15,16)(H,17,18)/t12-/m1/s1. The minimum absolute atomic E-state index is 0.206. The highest BCUT2D eigenvalue weighted by Gasteiger charge is 2.23. The SMILES string of the molecule is C=CCCC(=O)N[C@@H](C(=O)O)c1ccccc1Cl. The number of aliphatic carboxylic acids is 1. The second-order valence-corrected chi connectivity index (χ2v) is 4.09. The van der Waals surface area contributed by atoms with Crippen molar-refractivity contribution in [3.63, 3.8) is 0 Å². The number of allylic oxidation sites excluding steroid dienone is 1. The summed E-state index contributed by atoms with van der Waals surface area (Å²) in [6.07, 6.45) is 2.31. The highest BCUT2D eigenvalue weighted by Crippen LogP contribution is 2.22. The van der Waals surface area contributed by atoms with E-state index in [1.165, 1.54) is 0 Å². The molecule has 2 N–H and O–H groups in total. The topological polar surface area (TPSA) is 66.4 Å². The van der Waals surface area contributed by atoms with Crippen molar-refractivity contribution in [2.24, 2.45) is 0 Å². The molecule has 96 valence electrons. The third kappa shape index (κ3) is 3.89. The number of benzene rings is 1. The lowest BCUT2D eigenvalue weighted by molar-refractivity contribution is -0.142. The Morgan fingerprint density at radius 1 is 1.44 bits per heavy atom. The summed E-state index contributed by atoms with van der Waals surface area (Å²) in [6.45, 7) is 3.50. The van der Waals surface area contributed by atoms with Crippen LogP contribution < -0.4 is 5.32 Å². The first-order chi connectivity index (χ1) is 8.56. The number of carbonyl (C=O) groups excluding carboxylic acids is 1. The lowest BCUT2D eigenvalue weighted by atomic mass is 10.1. The maximum absolute atomic E-state index is 11.5. The van der Waals surface area contributed by atoms with Crippen molar-refractivity contribution in [2.75, 3.05) is 0 Å². The van der Waals surface area contributed by atoms with Crippen LogP contribution in [0.25, 0.3) is 0 Å². The Bertz CT molecular complexity index is 459. The second kappa shape index (κ2) is 6.81. The molecule has 1 rings (SSSR count). The van der Waals surface area contributed by atoms with Crippen molar-refractivity contribution in [1.29, 1.82) is 0 Å². The lowest BCUT2D eigenvalue weighted by Crippen LogP contribution is -2.33. The van der Waals surface area contributed by atoms with Gasteiger partial charge in [-0.2, -0.15) is 0 Å². The molecule has 0 saturated heterocycles. The fraction of sp³-hybridized carbons (Fsp3) is 0.231. The van der Waals surface area contributed by atoms with Crippen LogP contribution in [0.3, 0.4) is 0 Å². The van der Waals surface area contributed by atoms with E-state index < -0.39 is 12.0 Å². The molecule has 0 radical (unpaired) electrons. The van der Waals surface area contributed by atoms with Crippen LogP contribution in [0.5, 0.6) is 0 Å². The Balaban J connectivity index is 2.84. The highest BCUT2D eigenvalue weighted by molar-refractivity contribution is 6.31. The molecular formula is C13H14ClNO3. The van der Waals surface area contributed by atoms with E-state index in [2.05, 4.69) is 11.9 Å². The van der Waals surface area contributed by atoms with Crippen LogP contribution in [0.2, 0.25) is 5.02 Å². The van der Waals surface area contributed by atoms with Gasteiger partial charge in [-0.1, -0.05) is 35.9 Å². The molecule has 5 heteroatoms. The minimum atomic E-state index is -1.14. The van der Waals surface area contributed by atoms with Crippen molar-refractivity contribution in [1.82, 2.24) is 5.32 Å². The average molecular weight is 268 g/mol. The maximum atomic E-state index is 11.5. The normalized spacial score (nSPS) is 11.6. The van der Waals surface area contributed by atoms with Crippen LogP contribution in [0.1, 0.15) is 24.4 Å². The van der Waals surface area contributed by atoms with Crippen LogP contribution >= 0.6 is 11.6 Å². The van der Waals surface area contributed by atoms with Gasteiger partial charge in [0.15, 0.2) is 6.04 Å². The molecule has 0 aliphatic heterocycles. The molecule has 0 heterocycles. The van der Waals surface area contributed by atoms with Gasteiger partial charge in [-0.05, 0) is 12.5 Å². The number of carboxylic acid groups (broad SMARTS) is 1. The molecule has 0 fully saturated rings. The van der Waals surface area contributed by atoms with Crippen LogP contribution in [-0.2, 0) is 9.59 Å². The lowest BCUT2D eigenvalue weighted by Gasteiger charge is -2.15. The summed E-state index contributed by atoms with van der Waals surface area (Å²) in [5, 5.41) is 11.9. The Hall–Kier alpha value is -1.81. The second-order valence-electron chi connectivity index (χ2n) is 3.69. The van der Waals surface area contributed by atoms with Gasteiger partial charge in [0.05, 0.1) is 0 Å². The largest absolute Gasteiger partial charge is 0.479 e. The molecule has 0 unspecified atom stereocenters. The van der Waals surface area contributed by atoms with E-state index in [1.807, 2.05) is 0 Å². The third-order valence-corrected chi connectivity index (χ3v) is 2.69. The molecule has 0 spiro atoms. The molecule has 0 aromatic heterocycles. The molecule has 0 aliphatic rings. The summed E-state index contributed by atoms with van der Waals surface area (Å²) in [5.74, 6) is -1.49. The van der Waals surface area contributed by atoms with E-state index in [1.54, 1.807) is 30.3 Å². The zero-order chi connectivity index (χ0) is 13.5. The molecule has 4 nitrogen and oxygen atoms in total. The van der Waals surface area contributed by atoms with E-state index in [4.69, 9.17) is 16.7 Å². The van der Waals surface area contributed by atoms with Crippen LogP contribution in [0.15, 0.2) is 36.9 Å². The number of carbonyl (C=O) groups is 2. The Morgan fingerprint density at radius 2 is 2.11 bits per heavy atom. The molecule has 1 aromatic carbocycles. The quantitative estimate of drug-likeness (QED) is 0.779. The van der Waals surface area contributed by atoms with Gasteiger partial charge >= 0.3 is 5.97 Å². The van der Waals surface area contributed by atoms with Gasteiger partial charge in [0, 0.05) is 17.0 Å². The van der Waals surface area contributed by atoms with Crippen LogP contribution in [-0.4, -0.2) is 17.0 Å². The fourth-order valence-electron chi connectivity index (χ4n) is 1.45. The van der Waals surface area contributed by atoms with Crippen molar-refractivity contribution in [2.45, 2.75) is 18.9 Å². The average Bonchev–Trinajstić information content (AvgIpc) is 2.34. The fourth-order valence-corrected chi connectivity index (χ4v) is 1.69. The smallest absolute Gasteiger partial charge is 0.330 e. The maximum Gasteiger partial charge on any atom is 0.330 e. The van der Waals surface area contributed by atoms with Crippen LogP contribution in [0.4, 0.5) is 0 Å². The Kier molecular flexibility index (Phi) is 5.39. The molecule has 1 atom stereocenters. The number of hydrogen-bond donors (Lipinski definition) is 2. The summed E-state index contributed by atoms with van der Waals surface area (Å²) >= 11 is 5.92. The zero-order valence-electron chi connectivity index (χ0n) is 9.73. The number of amides is 1. The minimum Gasteiger partial charge on any atom is -0.479 e. The number of halogens is 1. The number of carboxylic acids is 1. The van der Waals surface area contributed by atoms with Gasteiger partial charge in [-0.3, -0.25) is 4.79 Å². The molecule has 0 saturated carbocycles. The summed E-state index contributed by atoms with van der Waals surface area (Å²) in [5.41, 5.74) is 0.374. The van der Waals surface area contributed by atoms with Gasteiger partial charge < -0.3 is 10.4 Å². The predicted molar refractivity (Wildman–Crippen MR) is 69.4 cm³/mol. The van der Waals surface area contributed by atoms with E-state index in [0.717, 1.165) is 0 Å². The van der Waals surface area contributed by atoms with Crippen molar-refractivity contribution >= 4 is 23.5 Å². The number of hydrogen-bond acceptors (Lipinski definition) is 2. The van der Waals surface area contributed by atoms with Crippen molar-refractivity contribution in [3.05, 3.63) is 47.5 Å². The van der Waals surface area contributed by atoms with E-state index in [-0.39, 0.29) is 12.3 Å². The molecule has 18 heavy (non-hydrogen) atoms. The van der Waals surface area contributed by atoms with Gasteiger partial charge in [0.1, 0.15) is 0 Å². The van der Waals surface area contributed by atoms with E-state index in [9.17, 15) is 9.59 Å². The summed E-state index contributed by atoms with van der Waals surface area (Å²) in [7, 11) is 0. The predicted octanol–water partition coefficient (Wildman–Crippen LogP) is 2.55. The molecule has 1 aromatic rings.